The Kier molecular flexibility index (Phi) is 6.67. The molecule has 0 spiro atoms. The summed E-state index contributed by atoms with van der Waals surface area (Å²) >= 11 is 0. The lowest BCUT2D eigenvalue weighted by Crippen LogP contribution is -2.41. The van der Waals surface area contributed by atoms with E-state index in [4.69, 9.17) is 4.74 Å². The van der Waals surface area contributed by atoms with E-state index >= 15 is 0 Å². The van der Waals surface area contributed by atoms with Crippen LogP contribution in [0.3, 0.4) is 0 Å². The highest BCUT2D eigenvalue weighted by Crippen LogP contribution is 2.30. The van der Waals surface area contributed by atoms with Gasteiger partial charge in [-0.15, -0.1) is 0 Å². The maximum atomic E-state index is 13.9. The van der Waals surface area contributed by atoms with E-state index in [1.807, 2.05) is 30.3 Å². The quantitative estimate of drug-likeness (QED) is 0.318. The molecule has 1 aliphatic rings. The molecule has 0 unspecified atom stereocenters. The maximum Gasteiger partial charge on any atom is 0.227 e. The highest BCUT2D eigenvalue weighted by Gasteiger charge is 2.30. The van der Waals surface area contributed by atoms with Crippen LogP contribution in [0.25, 0.3) is 11.1 Å². The Balaban J connectivity index is 1.44. The number of nitrogens with zero attached hydrogens (tertiary/aromatic N) is 1. The molecule has 0 atom stereocenters. The third kappa shape index (κ3) is 5.14. The SMILES string of the molecule is COc1cccc(-c2ccccc2CC(=O)N(Cc2ccc(C)cc2)C2Cc3ccccc3C2)c1. The first-order chi connectivity index (χ1) is 17.1. The standard InChI is InChI=1S/C32H31NO2/c1-23-14-16-24(17-15-23)22-33(29-18-25-8-3-4-9-26(25)19-29)32(34)21-28-10-5-6-13-31(28)27-11-7-12-30(20-27)35-2/h3-17,20,29H,18-19,21-22H2,1-2H3. The molecule has 176 valence electrons. The van der Waals surface area contributed by atoms with Gasteiger partial charge in [0.25, 0.3) is 0 Å². The van der Waals surface area contributed by atoms with E-state index < -0.39 is 0 Å². The van der Waals surface area contributed by atoms with E-state index in [0.717, 1.165) is 35.3 Å². The molecule has 0 saturated carbocycles. The fourth-order valence-corrected chi connectivity index (χ4v) is 5.08. The summed E-state index contributed by atoms with van der Waals surface area (Å²) in [5.74, 6) is 0.979. The van der Waals surface area contributed by atoms with Crippen LogP contribution in [0.15, 0.2) is 97.1 Å². The van der Waals surface area contributed by atoms with Crippen molar-refractivity contribution >= 4 is 5.91 Å². The van der Waals surface area contributed by atoms with Crippen LogP contribution in [-0.4, -0.2) is 24.0 Å². The predicted molar refractivity (Wildman–Crippen MR) is 142 cm³/mol. The molecule has 5 rings (SSSR count). The number of carbonyl (C=O) groups excluding carboxylic acids is 1. The van der Waals surface area contributed by atoms with Crippen molar-refractivity contribution in [3.63, 3.8) is 0 Å². The first-order valence-electron chi connectivity index (χ1n) is 12.2. The second-order valence-corrected chi connectivity index (χ2v) is 9.40. The molecular weight excluding hydrogens is 430 g/mol. The zero-order chi connectivity index (χ0) is 24.2. The third-order valence-corrected chi connectivity index (χ3v) is 7.00. The number of carbonyl (C=O) groups is 1. The number of fused-ring (bicyclic) bond motifs is 1. The molecule has 0 fully saturated rings. The van der Waals surface area contributed by atoms with Crippen LogP contribution < -0.4 is 4.74 Å². The highest BCUT2D eigenvalue weighted by atomic mass is 16.5. The van der Waals surface area contributed by atoms with Crippen molar-refractivity contribution in [2.24, 2.45) is 0 Å². The van der Waals surface area contributed by atoms with E-state index in [9.17, 15) is 4.79 Å². The van der Waals surface area contributed by atoms with E-state index in [1.165, 1.54) is 22.3 Å². The number of methoxy groups -OCH3 is 1. The van der Waals surface area contributed by atoms with Crippen molar-refractivity contribution in [2.75, 3.05) is 7.11 Å². The van der Waals surface area contributed by atoms with Gasteiger partial charge in [0.15, 0.2) is 0 Å². The van der Waals surface area contributed by atoms with E-state index in [0.29, 0.717) is 13.0 Å². The molecule has 3 nitrogen and oxygen atoms in total. The molecule has 0 heterocycles. The Morgan fingerprint density at radius 1 is 0.857 bits per heavy atom. The molecule has 1 amide bonds. The second-order valence-electron chi connectivity index (χ2n) is 9.40. The van der Waals surface area contributed by atoms with E-state index in [1.54, 1.807) is 7.11 Å². The number of ether oxygens (including phenoxy) is 1. The van der Waals surface area contributed by atoms with Gasteiger partial charge >= 0.3 is 0 Å². The van der Waals surface area contributed by atoms with E-state index in [2.05, 4.69) is 78.6 Å². The summed E-state index contributed by atoms with van der Waals surface area (Å²) in [6.07, 6.45) is 2.18. The topological polar surface area (TPSA) is 29.5 Å². The number of hydrogen-bond acceptors (Lipinski definition) is 2. The number of aryl methyl sites for hydroxylation is 1. The van der Waals surface area contributed by atoms with Gasteiger partial charge in [0, 0.05) is 12.6 Å². The van der Waals surface area contributed by atoms with Crippen LogP contribution in [0.2, 0.25) is 0 Å². The molecule has 35 heavy (non-hydrogen) atoms. The molecular formula is C32H31NO2. The van der Waals surface area contributed by atoms with Gasteiger partial charge in [-0.05, 0) is 65.3 Å². The third-order valence-electron chi connectivity index (χ3n) is 7.00. The molecule has 1 aliphatic carbocycles. The van der Waals surface area contributed by atoms with Crippen molar-refractivity contribution < 1.29 is 9.53 Å². The summed E-state index contributed by atoms with van der Waals surface area (Å²) in [5.41, 5.74) is 8.28. The van der Waals surface area contributed by atoms with Gasteiger partial charge in [-0.1, -0.05) is 90.5 Å². The monoisotopic (exact) mass is 461 g/mol. The van der Waals surface area contributed by atoms with Gasteiger partial charge in [-0.2, -0.15) is 0 Å². The van der Waals surface area contributed by atoms with Gasteiger partial charge < -0.3 is 9.64 Å². The fraction of sp³-hybridized carbons (Fsp3) is 0.219. The summed E-state index contributed by atoms with van der Waals surface area (Å²) in [4.78, 5) is 16.0. The summed E-state index contributed by atoms with van der Waals surface area (Å²) in [6.45, 7) is 2.72. The first-order valence-corrected chi connectivity index (χ1v) is 12.2. The highest BCUT2D eigenvalue weighted by molar-refractivity contribution is 5.82. The minimum absolute atomic E-state index is 0.165. The Hall–Kier alpha value is -3.85. The number of benzene rings is 4. The zero-order valence-electron chi connectivity index (χ0n) is 20.4. The van der Waals surface area contributed by atoms with Crippen molar-refractivity contribution in [3.8, 4) is 16.9 Å². The smallest absolute Gasteiger partial charge is 0.227 e. The molecule has 0 saturated heterocycles. The minimum atomic E-state index is 0.165. The summed E-state index contributed by atoms with van der Waals surface area (Å²) < 4.78 is 5.43. The van der Waals surface area contributed by atoms with Gasteiger partial charge in [-0.3, -0.25) is 4.79 Å². The van der Waals surface area contributed by atoms with Crippen molar-refractivity contribution in [2.45, 2.75) is 38.8 Å². The van der Waals surface area contributed by atoms with Crippen LogP contribution in [-0.2, 0) is 30.6 Å². The Morgan fingerprint density at radius 2 is 1.54 bits per heavy atom. The molecule has 0 aromatic heterocycles. The Labute approximate surface area is 208 Å². The molecule has 0 N–H and O–H groups in total. The maximum absolute atomic E-state index is 13.9. The minimum Gasteiger partial charge on any atom is -0.497 e. The summed E-state index contributed by atoms with van der Waals surface area (Å²) in [6, 6.07) is 33.5. The zero-order valence-corrected chi connectivity index (χ0v) is 20.4. The first kappa shape index (κ1) is 22.9. The van der Waals surface area contributed by atoms with Crippen LogP contribution in [0.4, 0.5) is 0 Å². The number of rotatable bonds is 7. The Morgan fingerprint density at radius 3 is 2.26 bits per heavy atom. The molecule has 0 bridgehead atoms. The van der Waals surface area contributed by atoms with Gasteiger partial charge in [0.1, 0.15) is 5.75 Å². The lowest BCUT2D eigenvalue weighted by molar-refractivity contribution is -0.133. The predicted octanol–water partition coefficient (Wildman–Crippen LogP) is 6.41. The average molecular weight is 462 g/mol. The number of hydrogen-bond donors (Lipinski definition) is 0. The number of amides is 1. The molecule has 3 heteroatoms. The fourth-order valence-electron chi connectivity index (χ4n) is 5.08. The molecule has 0 radical (unpaired) electrons. The van der Waals surface area contributed by atoms with Crippen LogP contribution in [0.1, 0.15) is 27.8 Å². The van der Waals surface area contributed by atoms with Gasteiger partial charge in [0.05, 0.1) is 13.5 Å². The lowest BCUT2D eigenvalue weighted by Gasteiger charge is -2.30. The van der Waals surface area contributed by atoms with Crippen LogP contribution in [0.5, 0.6) is 5.75 Å². The average Bonchev–Trinajstić information content (AvgIpc) is 3.32. The molecule has 4 aromatic carbocycles. The van der Waals surface area contributed by atoms with Crippen molar-refractivity contribution in [1.82, 2.24) is 4.90 Å². The van der Waals surface area contributed by atoms with Gasteiger partial charge in [0.2, 0.25) is 5.91 Å². The van der Waals surface area contributed by atoms with Crippen LogP contribution in [0, 0.1) is 6.92 Å². The Bertz CT molecular complexity index is 1300. The second kappa shape index (κ2) is 10.2. The normalized spacial score (nSPS) is 12.9. The van der Waals surface area contributed by atoms with Crippen molar-refractivity contribution in [1.29, 1.82) is 0 Å². The summed E-state index contributed by atoms with van der Waals surface area (Å²) in [5, 5.41) is 0. The summed E-state index contributed by atoms with van der Waals surface area (Å²) in [7, 11) is 1.68. The molecule has 4 aromatic rings. The van der Waals surface area contributed by atoms with Gasteiger partial charge in [-0.25, -0.2) is 0 Å². The van der Waals surface area contributed by atoms with Crippen LogP contribution >= 0.6 is 0 Å². The lowest BCUT2D eigenvalue weighted by atomic mass is 9.96. The molecule has 0 aliphatic heterocycles. The largest absolute Gasteiger partial charge is 0.497 e. The van der Waals surface area contributed by atoms with E-state index in [-0.39, 0.29) is 11.9 Å². The van der Waals surface area contributed by atoms with Crippen molar-refractivity contribution in [3.05, 3.63) is 125 Å².